The summed E-state index contributed by atoms with van der Waals surface area (Å²) in [7, 11) is 0. The van der Waals surface area contributed by atoms with Gasteiger partial charge in [0.2, 0.25) is 0 Å². The highest BCUT2D eigenvalue weighted by Gasteiger charge is 2.29. The van der Waals surface area contributed by atoms with E-state index in [4.69, 9.17) is 0 Å². The van der Waals surface area contributed by atoms with Gasteiger partial charge in [0, 0.05) is 42.7 Å². The van der Waals surface area contributed by atoms with E-state index in [-0.39, 0.29) is 5.91 Å². The first kappa shape index (κ1) is 15.4. The van der Waals surface area contributed by atoms with Crippen LogP contribution in [0, 0.1) is 5.92 Å². The van der Waals surface area contributed by atoms with Gasteiger partial charge < -0.3 is 15.2 Å². The normalized spacial score (nSPS) is 16.5. The second kappa shape index (κ2) is 6.12. The fourth-order valence-corrected chi connectivity index (χ4v) is 3.95. The molecule has 0 radical (unpaired) electrons. The number of amides is 1. The Hall–Kier alpha value is -2.89. The van der Waals surface area contributed by atoms with Crippen LogP contribution in [0.5, 0.6) is 0 Å². The number of para-hydroxylation sites is 1. The third-order valence-corrected chi connectivity index (χ3v) is 5.47. The molecule has 6 nitrogen and oxygen atoms in total. The molecule has 2 aliphatic rings. The standard InChI is InChI=1S/C20H21N5O/c26-20(16-10-21-18-6-2-1-5-15(16)18)22-9-13-11-25(12-13)19-8-14-4-3-7-17(14)23-24-19/h1-2,5-6,8,10,13,21H,3-4,7,9,11-12H2,(H,22,26). The van der Waals surface area contributed by atoms with E-state index in [1.807, 2.05) is 24.3 Å². The third-order valence-electron chi connectivity index (χ3n) is 5.47. The summed E-state index contributed by atoms with van der Waals surface area (Å²) in [4.78, 5) is 17.9. The van der Waals surface area contributed by atoms with Crippen molar-refractivity contribution >= 4 is 22.6 Å². The number of benzene rings is 1. The lowest BCUT2D eigenvalue weighted by atomic mass is 10.00. The second-order valence-corrected chi connectivity index (χ2v) is 7.26. The van der Waals surface area contributed by atoms with E-state index >= 15 is 0 Å². The number of aromatic amines is 1. The van der Waals surface area contributed by atoms with Crippen LogP contribution in [0.2, 0.25) is 0 Å². The molecule has 1 aliphatic carbocycles. The van der Waals surface area contributed by atoms with Crippen LogP contribution in [-0.4, -0.2) is 40.7 Å². The molecule has 0 unspecified atom stereocenters. The van der Waals surface area contributed by atoms with Crippen molar-refractivity contribution in [2.45, 2.75) is 19.3 Å². The highest BCUT2D eigenvalue weighted by Crippen LogP contribution is 2.27. The number of aryl methyl sites for hydroxylation is 2. The number of anilines is 1. The number of rotatable bonds is 4. The van der Waals surface area contributed by atoms with E-state index in [0.29, 0.717) is 18.0 Å². The lowest BCUT2D eigenvalue weighted by Crippen LogP contribution is -2.52. The van der Waals surface area contributed by atoms with E-state index in [2.05, 4.69) is 31.5 Å². The Labute approximate surface area is 151 Å². The number of nitrogens with one attached hydrogen (secondary N) is 2. The molecule has 0 atom stereocenters. The average Bonchev–Trinajstić information content (AvgIpc) is 3.26. The molecule has 1 amide bonds. The van der Waals surface area contributed by atoms with Gasteiger partial charge in [-0.15, -0.1) is 5.10 Å². The number of fused-ring (bicyclic) bond motifs is 2. The third kappa shape index (κ3) is 2.62. The number of aromatic nitrogens is 3. The summed E-state index contributed by atoms with van der Waals surface area (Å²) in [6.07, 6.45) is 5.16. The number of carbonyl (C=O) groups is 1. The lowest BCUT2D eigenvalue weighted by Gasteiger charge is -2.40. The zero-order valence-corrected chi connectivity index (χ0v) is 14.5. The molecule has 2 N–H and O–H groups in total. The van der Waals surface area contributed by atoms with Crippen molar-refractivity contribution in [2.24, 2.45) is 5.92 Å². The molecule has 1 aromatic carbocycles. The Morgan fingerprint density at radius 2 is 2.12 bits per heavy atom. The molecular formula is C20H21N5O. The second-order valence-electron chi connectivity index (χ2n) is 7.26. The summed E-state index contributed by atoms with van der Waals surface area (Å²) in [6, 6.07) is 10.1. The van der Waals surface area contributed by atoms with Crippen LogP contribution in [0.4, 0.5) is 5.82 Å². The van der Waals surface area contributed by atoms with Gasteiger partial charge in [0.15, 0.2) is 5.82 Å². The summed E-state index contributed by atoms with van der Waals surface area (Å²) in [6.45, 7) is 2.52. The van der Waals surface area contributed by atoms with E-state index in [0.717, 1.165) is 48.3 Å². The van der Waals surface area contributed by atoms with E-state index in [9.17, 15) is 4.79 Å². The first-order chi connectivity index (χ1) is 12.8. The molecule has 0 bridgehead atoms. The van der Waals surface area contributed by atoms with Gasteiger partial charge >= 0.3 is 0 Å². The molecule has 0 saturated carbocycles. The van der Waals surface area contributed by atoms with Gasteiger partial charge in [-0.2, -0.15) is 5.10 Å². The predicted molar refractivity (Wildman–Crippen MR) is 100 cm³/mol. The summed E-state index contributed by atoms with van der Waals surface area (Å²) in [5.74, 6) is 1.42. The molecule has 3 aromatic rings. The van der Waals surface area contributed by atoms with Crippen molar-refractivity contribution in [1.82, 2.24) is 20.5 Å². The highest BCUT2D eigenvalue weighted by atomic mass is 16.1. The molecule has 26 heavy (non-hydrogen) atoms. The van der Waals surface area contributed by atoms with Crippen molar-refractivity contribution in [3.63, 3.8) is 0 Å². The Balaban J connectivity index is 1.17. The smallest absolute Gasteiger partial charge is 0.253 e. The van der Waals surface area contributed by atoms with Crippen LogP contribution in [0.25, 0.3) is 10.9 Å². The zero-order valence-electron chi connectivity index (χ0n) is 14.5. The van der Waals surface area contributed by atoms with Crippen LogP contribution < -0.4 is 10.2 Å². The first-order valence-electron chi connectivity index (χ1n) is 9.22. The monoisotopic (exact) mass is 347 g/mol. The number of H-pyrrole nitrogens is 1. The maximum absolute atomic E-state index is 12.5. The fourth-order valence-electron chi connectivity index (χ4n) is 3.95. The molecule has 1 aliphatic heterocycles. The van der Waals surface area contributed by atoms with Crippen LogP contribution in [-0.2, 0) is 12.8 Å². The zero-order chi connectivity index (χ0) is 17.5. The first-order valence-corrected chi connectivity index (χ1v) is 9.22. The molecule has 1 saturated heterocycles. The van der Waals surface area contributed by atoms with Crippen LogP contribution in [0.3, 0.4) is 0 Å². The molecule has 6 heteroatoms. The van der Waals surface area contributed by atoms with Gasteiger partial charge in [0.05, 0.1) is 11.3 Å². The van der Waals surface area contributed by atoms with Crippen molar-refractivity contribution in [3.8, 4) is 0 Å². The molecule has 2 aromatic heterocycles. The van der Waals surface area contributed by atoms with Crippen molar-refractivity contribution in [1.29, 1.82) is 0 Å². The number of carbonyl (C=O) groups excluding carboxylic acids is 1. The Morgan fingerprint density at radius 3 is 3.04 bits per heavy atom. The summed E-state index contributed by atoms with van der Waals surface area (Å²) < 4.78 is 0. The van der Waals surface area contributed by atoms with Crippen LogP contribution >= 0.6 is 0 Å². The Bertz CT molecular complexity index is 973. The van der Waals surface area contributed by atoms with Gasteiger partial charge in [-0.05, 0) is 37.0 Å². The Kier molecular flexibility index (Phi) is 3.62. The van der Waals surface area contributed by atoms with E-state index in [1.165, 1.54) is 12.0 Å². The SMILES string of the molecule is O=C(NCC1CN(c2cc3c(nn2)CCC3)C1)c1c[nH]c2ccccc12. The Morgan fingerprint density at radius 1 is 1.23 bits per heavy atom. The van der Waals surface area contributed by atoms with Gasteiger partial charge in [0.25, 0.3) is 5.91 Å². The van der Waals surface area contributed by atoms with Crippen molar-refractivity contribution in [2.75, 3.05) is 24.5 Å². The molecule has 5 rings (SSSR count). The highest BCUT2D eigenvalue weighted by molar-refractivity contribution is 6.06. The minimum Gasteiger partial charge on any atom is -0.360 e. The average molecular weight is 347 g/mol. The maximum atomic E-state index is 12.5. The number of hydrogen-bond donors (Lipinski definition) is 2. The maximum Gasteiger partial charge on any atom is 0.253 e. The number of nitrogens with zero attached hydrogens (tertiary/aromatic N) is 3. The van der Waals surface area contributed by atoms with Crippen molar-refractivity contribution < 1.29 is 4.79 Å². The minimum atomic E-state index is -0.0155. The lowest BCUT2D eigenvalue weighted by molar-refractivity contribution is 0.0946. The van der Waals surface area contributed by atoms with Gasteiger partial charge in [-0.3, -0.25) is 4.79 Å². The molecule has 3 heterocycles. The van der Waals surface area contributed by atoms with Crippen LogP contribution in [0.15, 0.2) is 36.5 Å². The number of hydrogen-bond acceptors (Lipinski definition) is 4. The molecular weight excluding hydrogens is 326 g/mol. The van der Waals surface area contributed by atoms with E-state index in [1.54, 1.807) is 6.20 Å². The van der Waals surface area contributed by atoms with Crippen LogP contribution in [0.1, 0.15) is 28.0 Å². The largest absolute Gasteiger partial charge is 0.360 e. The van der Waals surface area contributed by atoms with Crippen molar-refractivity contribution in [3.05, 3.63) is 53.3 Å². The summed E-state index contributed by atoms with van der Waals surface area (Å²) in [5.41, 5.74) is 4.21. The van der Waals surface area contributed by atoms with Gasteiger partial charge in [0.1, 0.15) is 0 Å². The van der Waals surface area contributed by atoms with Gasteiger partial charge in [-0.1, -0.05) is 18.2 Å². The van der Waals surface area contributed by atoms with Gasteiger partial charge in [-0.25, -0.2) is 0 Å². The minimum absolute atomic E-state index is 0.0155. The summed E-state index contributed by atoms with van der Waals surface area (Å²) >= 11 is 0. The predicted octanol–water partition coefficient (Wildman–Crippen LogP) is 2.31. The molecule has 0 spiro atoms. The molecule has 132 valence electrons. The molecule has 1 fully saturated rings. The van der Waals surface area contributed by atoms with E-state index < -0.39 is 0 Å². The quantitative estimate of drug-likeness (QED) is 0.760. The summed E-state index contributed by atoms with van der Waals surface area (Å²) in [5, 5.41) is 12.8. The fraction of sp³-hybridized carbons (Fsp3) is 0.350. The topological polar surface area (TPSA) is 73.9 Å².